The number of carbonyl (C=O) groups is 2. The van der Waals surface area contributed by atoms with Gasteiger partial charge in [-0.2, -0.15) is 5.10 Å². The number of aromatic nitrogens is 2. The van der Waals surface area contributed by atoms with E-state index in [1.165, 1.54) is 0 Å². The number of benzene rings is 1. The number of nitrogens with one attached hydrogen (secondary N) is 2. The number of carboxylic acid groups (broad SMARTS) is 1. The van der Waals surface area contributed by atoms with Gasteiger partial charge in [0.15, 0.2) is 0 Å². The monoisotopic (exact) mass is 287 g/mol. The van der Waals surface area contributed by atoms with Crippen molar-refractivity contribution in [2.45, 2.75) is 37.6 Å². The summed E-state index contributed by atoms with van der Waals surface area (Å²) in [6.07, 6.45) is 4.99. The predicted octanol–water partition coefficient (Wildman–Crippen LogP) is 2.08. The van der Waals surface area contributed by atoms with Crippen LogP contribution in [-0.4, -0.2) is 32.7 Å². The molecule has 1 amide bonds. The number of amides is 1. The first-order chi connectivity index (χ1) is 10.1. The minimum absolute atomic E-state index is 0.0211. The Hall–Kier alpha value is -2.37. The second-order valence-electron chi connectivity index (χ2n) is 5.68. The van der Waals surface area contributed by atoms with E-state index in [9.17, 15) is 9.59 Å². The Morgan fingerprint density at radius 2 is 2.10 bits per heavy atom. The highest BCUT2D eigenvalue weighted by molar-refractivity contribution is 5.98. The van der Waals surface area contributed by atoms with E-state index in [4.69, 9.17) is 5.11 Å². The Kier molecular flexibility index (Phi) is 3.37. The lowest BCUT2D eigenvalue weighted by molar-refractivity contribution is -0.138. The molecule has 6 nitrogen and oxygen atoms in total. The number of nitrogens with zero attached hydrogens (tertiary/aromatic N) is 1. The summed E-state index contributed by atoms with van der Waals surface area (Å²) in [5.41, 5.74) is 0.794. The number of carbonyl (C=O) groups excluding carboxylic acids is 1. The van der Waals surface area contributed by atoms with Crippen molar-refractivity contribution in [3.05, 3.63) is 30.0 Å². The molecule has 1 aliphatic carbocycles. The lowest BCUT2D eigenvalue weighted by Crippen LogP contribution is -2.47. The van der Waals surface area contributed by atoms with Gasteiger partial charge in [0.1, 0.15) is 0 Å². The number of aromatic amines is 1. The van der Waals surface area contributed by atoms with Crippen LogP contribution < -0.4 is 5.32 Å². The van der Waals surface area contributed by atoms with E-state index in [0.717, 1.165) is 36.6 Å². The van der Waals surface area contributed by atoms with E-state index in [1.807, 2.05) is 0 Å². The molecule has 0 spiro atoms. The Labute approximate surface area is 121 Å². The maximum atomic E-state index is 12.4. The number of rotatable bonds is 4. The molecule has 1 saturated carbocycles. The molecule has 110 valence electrons. The average Bonchev–Trinajstić information content (AvgIpc) is 3.06. The van der Waals surface area contributed by atoms with Crippen molar-refractivity contribution in [3.8, 4) is 0 Å². The van der Waals surface area contributed by atoms with Crippen molar-refractivity contribution in [1.82, 2.24) is 15.5 Å². The van der Waals surface area contributed by atoms with Gasteiger partial charge in [0.05, 0.1) is 23.7 Å². The van der Waals surface area contributed by atoms with E-state index in [0.29, 0.717) is 5.56 Å². The predicted molar refractivity (Wildman–Crippen MR) is 77.0 cm³/mol. The minimum atomic E-state index is -0.873. The number of fused-ring (bicyclic) bond motifs is 1. The molecule has 1 aromatic heterocycles. The summed E-state index contributed by atoms with van der Waals surface area (Å²) >= 11 is 0. The summed E-state index contributed by atoms with van der Waals surface area (Å²) in [6, 6.07) is 5.28. The molecule has 0 saturated heterocycles. The zero-order chi connectivity index (χ0) is 14.9. The summed E-state index contributed by atoms with van der Waals surface area (Å²) in [5, 5.41) is 19.6. The number of carboxylic acids is 1. The fraction of sp³-hybridized carbons (Fsp3) is 0.400. The molecule has 21 heavy (non-hydrogen) atoms. The molecule has 0 aliphatic heterocycles. The average molecular weight is 287 g/mol. The van der Waals surface area contributed by atoms with Gasteiger partial charge in [0.2, 0.25) is 0 Å². The first-order valence-electron chi connectivity index (χ1n) is 7.05. The van der Waals surface area contributed by atoms with Crippen LogP contribution in [0.3, 0.4) is 0 Å². The van der Waals surface area contributed by atoms with Crippen molar-refractivity contribution in [1.29, 1.82) is 0 Å². The molecule has 0 unspecified atom stereocenters. The van der Waals surface area contributed by atoms with Crippen LogP contribution in [0.2, 0.25) is 0 Å². The van der Waals surface area contributed by atoms with Crippen molar-refractivity contribution < 1.29 is 14.7 Å². The molecule has 1 aliphatic rings. The summed E-state index contributed by atoms with van der Waals surface area (Å²) in [6.45, 7) is 0. The topological polar surface area (TPSA) is 95.1 Å². The van der Waals surface area contributed by atoms with Crippen molar-refractivity contribution in [3.63, 3.8) is 0 Å². The molecule has 6 heteroatoms. The summed E-state index contributed by atoms with van der Waals surface area (Å²) in [4.78, 5) is 23.5. The third kappa shape index (κ3) is 2.74. The molecule has 0 radical (unpaired) electrons. The van der Waals surface area contributed by atoms with Crippen LogP contribution in [0.1, 0.15) is 42.5 Å². The van der Waals surface area contributed by atoms with Gasteiger partial charge in [-0.25, -0.2) is 0 Å². The van der Waals surface area contributed by atoms with E-state index in [2.05, 4.69) is 15.5 Å². The van der Waals surface area contributed by atoms with E-state index >= 15 is 0 Å². The largest absolute Gasteiger partial charge is 0.481 e. The van der Waals surface area contributed by atoms with E-state index < -0.39 is 11.5 Å². The quantitative estimate of drug-likeness (QED) is 0.802. The number of aliphatic carboxylic acids is 1. The van der Waals surface area contributed by atoms with Crippen LogP contribution in [0, 0.1) is 0 Å². The number of hydrogen-bond donors (Lipinski definition) is 3. The molecular weight excluding hydrogens is 270 g/mol. The minimum Gasteiger partial charge on any atom is -0.481 e. The van der Waals surface area contributed by atoms with Gasteiger partial charge in [-0.1, -0.05) is 12.8 Å². The van der Waals surface area contributed by atoms with Crippen LogP contribution >= 0.6 is 0 Å². The Balaban J connectivity index is 1.81. The third-order valence-corrected chi connectivity index (χ3v) is 4.13. The van der Waals surface area contributed by atoms with Gasteiger partial charge in [-0.05, 0) is 31.0 Å². The standard InChI is InChI=1S/C15H17N3O3/c19-13(20)8-15(5-1-2-6-15)17-14(21)10-3-4-12-11(7-10)9-16-18-12/h3-4,7,9H,1-2,5-6,8H2,(H,16,18)(H,17,21)(H,19,20). The van der Waals surface area contributed by atoms with Gasteiger partial charge in [-0.15, -0.1) is 0 Å². The fourth-order valence-electron chi connectivity index (χ4n) is 3.08. The van der Waals surface area contributed by atoms with Gasteiger partial charge in [-0.3, -0.25) is 14.7 Å². The molecule has 3 N–H and O–H groups in total. The lowest BCUT2D eigenvalue weighted by Gasteiger charge is -2.28. The van der Waals surface area contributed by atoms with Crippen molar-refractivity contribution in [2.24, 2.45) is 0 Å². The Bertz CT molecular complexity index is 686. The normalized spacial score (nSPS) is 17.0. The maximum Gasteiger partial charge on any atom is 0.305 e. The smallest absolute Gasteiger partial charge is 0.305 e. The van der Waals surface area contributed by atoms with Gasteiger partial charge < -0.3 is 10.4 Å². The first-order valence-corrected chi connectivity index (χ1v) is 7.05. The van der Waals surface area contributed by atoms with Crippen LogP contribution in [0.4, 0.5) is 0 Å². The number of hydrogen-bond acceptors (Lipinski definition) is 3. The lowest BCUT2D eigenvalue weighted by atomic mass is 9.92. The summed E-state index contributed by atoms with van der Waals surface area (Å²) in [5.74, 6) is -1.09. The molecule has 1 fully saturated rings. The Morgan fingerprint density at radius 1 is 1.33 bits per heavy atom. The van der Waals surface area contributed by atoms with E-state index in [1.54, 1.807) is 24.4 Å². The second kappa shape index (κ2) is 5.20. The molecule has 1 aromatic carbocycles. The molecule has 2 aromatic rings. The summed E-state index contributed by atoms with van der Waals surface area (Å²) < 4.78 is 0. The van der Waals surface area contributed by atoms with Crippen molar-refractivity contribution in [2.75, 3.05) is 0 Å². The second-order valence-corrected chi connectivity index (χ2v) is 5.68. The molecule has 0 bridgehead atoms. The molecule has 3 rings (SSSR count). The molecular formula is C15H17N3O3. The van der Waals surface area contributed by atoms with Gasteiger partial charge >= 0.3 is 5.97 Å². The SMILES string of the molecule is O=C(O)CC1(NC(=O)c2ccc3[nH]ncc3c2)CCCC1. The van der Waals surface area contributed by atoms with E-state index in [-0.39, 0.29) is 12.3 Å². The van der Waals surface area contributed by atoms with Crippen LogP contribution in [0.15, 0.2) is 24.4 Å². The highest BCUT2D eigenvalue weighted by atomic mass is 16.4. The number of H-pyrrole nitrogens is 1. The summed E-state index contributed by atoms with van der Waals surface area (Å²) in [7, 11) is 0. The van der Waals surface area contributed by atoms with Gasteiger partial charge in [0, 0.05) is 10.9 Å². The third-order valence-electron chi connectivity index (χ3n) is 4.13. The Morgan fingerprint density at radius 3 is 2.81 bits per heavy atom. The van der Waals surface area contributed by atoms with Crippen LogP contribution in [0.5, 0.6) is 0 Å². The first kappa shape index (κ1) is 13.6. The highest BCUT2D eigenvalue weighted by Crippen LogP contribution is 2.33. The fourth-order valence-corrected chi connectivity index (χ4v) is 3.08. The maximum absolute atomic E-state index is 12.4. The van der Waals surface area contributed by atoms with Crippen LogP contribution in [-0.2, 0) is 4.79 Å². The molecule has 0 atom stereocenters. The zero-order valence-corrected chi connectivity index (χ0v) is 11.6. The van der Waals surface area contributed by atoms with Gasteiger partial charge in [0.25, 0.3) is 5.91 Å². The van der Waals surface area contributed by atoms with Crippen molar-refractivity contribution >= 4 is 22.8 Å². The zero-order valence-electron chi connectivity index (χ0n) is 11.6. The highest BCUT2D eigenvalue weighted by Gasteiger charge is 2.37. The van der Waals surface area contributed by atoms with Crippen LogP contribution in [0.25, 0.3) is 10.9 Å². The molecule has 1 heterocycles.